The van der Waals surface area contributed by atoms with Crippen molar-refractivity contribution in [2.75, 3.05) is 26.4 Å². The van der Waals surface area contributed by atoms with Crippen LogP contribution in [0.1, 0.15) is 33.6 Å². The number of carbonyl (C=O) groups is 2. The Morgan fingerprint density at radius 1 is 0.630 bits per heavy atom. The third-order valence-electron chi connectivity index (χ3n) is 3.61. The average Bonchev–Trinajstić information content (AvgIpc) is 2.67. The van der Waals surface area contributed by atoms with Gasteiger partial charge in [-0.3, -0.25) is 0 Å². The molecule has 0 radical (unpaired) electrons. The number of rotatable bonds is 12. The van der Waals surface area contributed by atoms with Crippen molar-refractivity contribution in [3.8, 4) is 11.5 Å². The lowest BCUT2D eigenvalue weighted by Gasteiger charge is -2.08. The van der Waals surface area contributed by atoms with Crippen LogP contribution in [0.15, 0.2) is 48.5 Å². The van der Waals surface area contributed by atoms with Crippen molar-refractivity contribution in [1.82, 2.24) is 0 Å². The molecule has 2 N–H and O–H groups in total. The number of aromatic carboxylic acids is 2. The lowest BCUT2D eigenvalue weighted by Crippen LogP contribution is -2.07. The molecule has 0 fully saturated rings. The van der Waals surface area contributed by atoms with Crippen LogP contribution in [0.2, 0.25) is 0 Å². The van der Waals surface area contributed by atoms with Crippen molar-refractivity contribution in [1.29, 1.82) is 0 Å². The molecule has 0 bridgehead atoms. The predicted molar refractivity (Wildman–Crippen MR) is 97.8 cm³/mol. The van der Waals surface area contributed by atoms with Gasteiger partial charge in [-0.25, -0.2) is 9.59 Å². The van der Waals surface area contributed by atoms with Crippen molar-refractivity contribution in [3.63, 3.8) is 0 Å². The number of hydrogen-bond donors (Lipinski definition) is 2. The van der Waals surface area contributed by atoms with E-state index < -0.39 is 11.9 Å². The molecule has 27 heavy (non-hydrogen) atoms. The maximum absolute atomic E-state index is 10.8. The van der Waals surface area contributed by atoms with Gasteiger partial charge in [0.15, 0.2) is 0 Å². The lowest BCUT2D eigenvalue weighted by atomic mass is 10.2. The highest BCUT2D eigenvalue weighted by Gasteiger charge is 2.03. The fourth-order valence-corrected chi connectivity index (χ4v) is 2.19. The minimum Gasteiger partial charge on any atom is -0.494 e. The molecule has 0 heterocycles. The first-order chi connectivity index (χ1) is 13.1. The van der Waals surface area contributed by atoms with Gasteiger partial charge in [-0.1, -0.05) is 0 Å². The summed E-state index contributed by atoms with van der Waals surface area (Å²) in [7, 11) is 0. The van der Waals surface area contributed by atoms with Gasteiger partial charge in [-0.15, -0.1) is 0 Å². The molecular formula is C20H22O7. The summed E-state index contributed by atoms with van der Waals surface area (Å²) in [6.45, 7) is 2.08. The molecule has 2 rings (SSSR count). The van der Waals surface area contributed by atoms with Gasteiger partial charge in [0, 0.05) is 26.1 Å². The molecule has 2 aromatic rings. The Labute approximate surface area is 157 Å². The van der Waals surface area contributed by atoms with Crippen LogP contribution in [0.4, 0.5) is 0 Å². The normalized spacial score (nSPS) is 10.4. The summed E-state index contributed by atoms with van der Waals surface area (Å²) in [6, 6.07) is 12.5. The lowest BCUT2D eigenvalue weighted by molar-refractivity contribution is 0.0686. The number of benzene rings is 2. The van der Waals surface area contributed by atoms with E-state index in [1.54, 1.807) is 24.3 Å². The van der Waals surface area contributed by atoms with Crippen molar-refractivity contribution in [3.05, 3.63) is 59.7 Å². The standard InChI is InChI=1S/C20H22O7/c21-19(22)15-3-7-17(8-4-15)26-13-1-11-25-12-2-14-27-18-9-5-16(6-10-18)20(23)24/h3-10H,1-2,11-14H2,(H,21,22)(H,23,24). The summed E-state index contributed by atoms with van der Waals surface area (Å²) in [5.41, 5.74) is 0.455. The van der Waals surface area contributed by atoms with E-state index in [1.165, 1.54) is 24.3 Å². The van der Waals surface area contributed by atoms with Gasteiger partial charge in [0.05, 0.1) is 24.3 Å². The van der Waals surface area contributed by atoms with Crippen LogP contribution in [0.3, 0.4) is 0 Å². The maximum Gasteiger partial charge on any atom is 0.335 e. The van der Waals surface area contributed by atoms with Crippen LogP contribution >= 0.6 is 0 Å². The fourth-order valence-electron chi connectivity index (χ4n) is 2.19. The highest BCUT2D eigenvalue weighted by atomic mass is 16.5. The first-order valence-electron chi connectivity index (χ1n) is 8.56. The van der Waals surface area contributed by atoms with Crippen molar-refractivity contribution >= 4 is 11.9 Å². The molecule has 7 heteroatoms. The summed E-state index contributed by atoms with van der Waals surface area (Å²) in [4.78, 5) is 21.5. The Kier molecular flexibility index (Phi) is 8.12. The molecular weight excluding hydrogens is 352 g/mol. The first kappa shape index (κ1) is 20.3. The summed E-state index contributed by atoms with van der Waals surface area (Å²) in [6.07, 6.45) is 1.44. The van der Waals surface area contributed by atoms with Crippen LogP contribution < -0.4 is 9.47 Å². The topological polar surface area (TPSA) is 102 Å². The molecule has 0 saturated heterocycles. The van der Waals surface area contributed by atoms with Crippen LogP contribution in [-0.4, -0.2) is 48.6 Å². The minimum atomic E-state index is -0.962. The number of carboxylic acids is 2. The van der Waals surface area contributed by atoms with E-state index in [9.17, 15) is 9.59 Å². The molecule has 0 aliphatic carbocycles. The molecule has 0 spiro atoms. The van der Waals surface area contributed by atoms with Gasteiger partial charge in [-0.2, -0.15) is 0 Å². The second-order valence-electron chi connectivity index (χ2n) is 5.68. The summed E-state index contributed by atoms with van der Waals surface area (Å²) in [5, 5.41) is 17.6. The van der Waals surface area contributed by atoms with Crippen LogP contribution in [-0.2, 0) is 4.74 Å². The van der Waals surface area contributed by atoms with Gasteiger partial charge >= 0.3 is 11.9 Å². The van der Waals surface area contributed by atoms with Gasteiger partial charge in [0.1, 0.15) is 11.5 Å². The fraction of sp³-hybridized carbons (Fsp3) is 0.300. The van der Waals surface area contributed by atoms with E-state index in [0.29, 0.717) is 37.9 Å². The zero-order chi connectivity index (χ0) is 19.5. The largest absolute Gasteiger partial charge is 0.494 e. The molecule has 2 aromatic carbocycles. The van der Waals surface area contributed by atoms with Crippen LogP contribution in [0.5, 0.6) is 11.5 Å². The van der Waals surface area contributed by atoms with Crippen LogP contribution in [0.25, 0.3) is 0 Å². The molecule has 0 aromatic heterocycles. The molecule has 144 valence electrons. The number of hydrogen-bond acceptors (Lipinski definition) is 5. The zero-order valence-electron chi connectivity index (χ0n) is 14.8. The summed E-state index contributed by atoms with van der Waals surface area (Å²) >= 11 is 0. The smallest absolute Gasteiger partial charge is 0.335 e. The van der Waals surface area contributed by atoms with E-state index in [4.69, 9.17) is 24.4 Å². The number of ether oxygens (including phenoxy) is 3. The molecule has 0 amide bonds. The first-order valence-corrected chi connectivity index (χ1v) is 8.56. The van der Waals surface area contributed by atoms with E-state index >= 15 is 0 Å². The molecule has 0 aliphatic rings. The molecule has 0 aliphatic heterocycles. The SMILES string of the molecule is O=C(O)c1ccc(OCCCOCCCOc2ccc(C(=O)O)cc2)cc1. The summed E-state index contributed by atoms with van der Waals surface area (Å²) < 4.78 is 16.5. The zero-order valence-corrected chi connectivity index (χ0v) is 14.8. The quantitative estimate of drug-likeness (QED) is 0.549. The second-order valence-corrected chi connectivity index (χ2v) is 5.68. The minimum absolute atomic E-state index is 0.228. The highest BCUT2D eigenvalue weighted by Crippen LogP contribution is 2.13. The maximum atomic E-state index is 10.8. The van der Waals surface area contributed by atoms with Gasteiger partial charge in [0.25, 0.3) is 0 Å². The van der Waals surface area contributed by atoms with Crippen molar-refractivity contribution in [2.24, 2.45) is 0 Å². The number of carboxylic acid groups (broad SMARTS) is 2. The Balaban J connectivity index is 1.48. The Morgan fingerprint density at radius 3 is 1.33 bits per heavy atom. The monoisotopic (exact) mass is 374 g/mol. The average molecular weight is 374 g/mol. The molecule has 7 nitrogen and oxygen atoms in total. The third kappa shape index (κ3) is 7.37. The van der Waals surface area contributed by atoms with E-state index in [2.05, 4.69) is 0 Å². The molecule has 0 unspecified atom stereocenters. The second kappa shape index (κ2) is 10.8. The Bertz CT molecular complexity index is 660. The van der Waals surface area contributed by atoms with Gasteiger partial charge in [-0.05, 0) is 48.5 Å². The highest BCUT2D eigenvalue weighted by molar-refractivity contribution is 5.88. The van der Waals surface area contributed by atoms with Crippen molar-refractivity contribution < 1.29 is 34.0 Å². The summed E-state index contributed by atoms with van der Waals surface area (Å²) in [5.74, 6) is -0.669. The van der Waals surface area contributed by atoms with Gasteiger partial charge in [0.2, 0.25) is 0 Å². The van der Waals surface area contributed by atoms with E-state index in [1.807, 2.05) is 0 Å². The van der Waals surface area contributed by atoms with Gasteiger partial charge < -0.3 is 24.4 Å². The van der Waals surface area contributed by atoms with E-state index in [-0.39, 0.29) is 11.1 Å². The Morgan fingerprint density at radius 2 is 1.00 bits per heavy atom. The Hall–Kier alpha value is -3.06. The third-order valence-corrected chi connectivity index (χ3v) is 3.61. The predicted octanol–water partition coefficient (Wildman–Crippen LogP) is 3.34. The van der Waals surface area contributed by atoms with E-state index in [0.717, 1.165) is 12.8 Å². The molecule has 0 saturated carbocycles. The molecule has 0 atom stereocenters. The van der Waals surface area contributed by atoms with Crippen molar-refractivity contribution in [2.45, 2.75) is 12.8 Å². The van der Waals surface area contributed by atoms with Crippen LogP contribution in [0, 0.1) is 0 Å².